The van der Waals surface area contributed by atoms with E-state index in [2.05, 4.69) is 0 Å². The van der Waals surface area contributed by atoms with Gasteiger partial charge in [0.05, 0.1) is 17.1 Å². The number of carbonyl (C=O) groups excluding carboxylic acids is 1. The Morgan fingerprint density at radius 3 is 1.79 bits per heavy atom. The minimum absolute atomic E-state index is 0.0404. The summed E-state index contributed by atoms with van der Waals surface area (Å²) in [6.45, 7) is 6.82. The zero-order chi connectivity index (χ0) is 11.4. The van der Waals surface area contributed by atoms with Crippen LogP contribution >= 0.6 is 0 Å². The van der Waals surface area contributed by atoms with Gasteiger partial charge in [0.1, 0.15) is 11.9 Å². The summed E-state index contributed by atoms with van der Waals surface area (Å²) in [7, 11) is -3.50. The van der Waals surface area contributed by atoms with Crippen molar-refractivity contribution in [2.75, 3.05) is 6.26 Å². The van der Waals surface area contributed by atoms with Gasteiger partial charge < -0.3 is 0 Å². The minimum atomic E-state index is -3.50. The van der Waals surface area contributed by atoms with Crippen LogP contribution in [0.5, 0.6) is 0 Å². The van der Waals surface area contributed by atoms with Gasteiger partial charge in [-0.05, 0) is 0 Å². The molecule has 0 N–H and O–H groups in total. The van der Waals surface area contributed by atoms with E-state index in [4.69, 9.17) is 4.18 Å². The van der Waals surface area contributed by atoms with Gasteiger partial charge in [0.25, 0.3) is 10.1 Å². The topological polar surface area (TPSA) is 60.4 Å². The predicted octanol–water partition coefficient (Wildman–Crippen LogP) is 0.966. The van der Waals surface area contributed by atoms with E-state index in [1.54, 1.807) is 27.7 Å². The summed E-state index contributed by atoms with van der Waals surface area (Å²) in [4.78, 5) is 11.6. The highest BCUT2D eigenvalue weighted by Gasteiger charge is 2.63. The second kappa shape index (κ2) is 2.79. The highest BCUT2D eigenvalue weighted by atomic mass is 32.2. The molecule has 0 saturated heterocycles. The van der Waals surface area contributed by atoms with Gasteiger partial charge in [-0.2, -0.15) is 8.42 Å². The second-order valence-electron chi connectivity index (χ2n) is 4.95. The molecule has 0 aromatic rings. The zero-order valence-corrected chi connectivity index (χ0v) is 9.94. The van der Waals surface area contributed by atoms with Gasteiger partial charge in [-0.25, -0.2) is 0 Å². The summed E-state index contributed by atoms with van der Waals surface area (Å²) in [5.41, 5.74) is -1.40. The van der Waals surface area contributed by atoms with Crippen LogP contribution in [0.2, 0.25) is 0 Å². The van der Waals surface area contributed by atoms with Crippen LogP contribution in [0.3, 0.4) is 0 Å². The number of Topliss-reactive ketones (excluding diaryl/α,β-unsaturated/α-hetero) is 1. The van der Waals surface area contributed by atoms with Crippen LogP contribution in [-0.4, -0.2) is 26.6 Å². The number of ketones is 1. The maximum Gasteiger partial charge on any atom is 0.264 e. The van der Waals surface area contributed by atoms with Gasteiger partial charge in [-0.1, -0.05) is 27.7 Å². The van der Waals surface area contributed by atoms with Crippen LogP contribution in [0.1, 0.15) is 27.7 Å². The maximum atomic E-state index is 11.6. The van der Waals surface area contributed by atoms with Crippen LogP contribution in [0, 0.1) is 10.8 Å². The van der Waals surface area contributed by atoms with E-state index in [1.807, 2.05) is 0 Å². The molecule has 0 aliphatic heterocycles. The van der Waals surface area contributed by atoms with Crippen molar-refractivity contribution < 1.29 is 17.4 Å². The van der Waals surface area contributed by atoms with E-state index in [-0.39, 0.29) is 5.78 Å². The van der Waals surface area contributed by atoms with Crippen LogP contribution in [0.4, 0.5) is 0 Å². The van der Waals surface area contributed by atoms with Crippen molar-refractivity contribution in [2.24, 2.45) is 10.8 Å². The van der Waals surface area contributed by atoms with Crippen LogP contribution in [-0.2, 0) is 19.1 Å². The summed E-state index contributed by atoms with van der Waals surface area (Å²) in [5, 5.41) is 0. The fraction of sp³-hybridized carbons (Fsp3) is 0.889. The Bertz CT molecular complexity index is 346. The van der Waals surface area contributed by atoms with E-state index >= 15 is 0 Å². The molecule has 0 heterocycles. The Labute approximate surface area is 84.8 Å². The molecule has 1 fully saturated rings. The van der Waals surface area contributed by atoms with E-state index in [1.165, 1.54) is 0 Å². The van der Waals surface area contributed by atoms with Gasteiger partial charge in [0.15, 0.2) is 0 Å². The van der Waals surface area contributed by atoms with Crippen molar-refractivity contribution in [3.8, 4) is 0 Å². The zero-order valence-electron chi connectivity index (χ0n) is 9.12. The number of carbonyl (C=O) groups is 1. The third kappa shape index (κ3) is 1.59. The summed E-state index contributed by atoms with van der Waals surface area (Å²) >= 11 is 0. The van der Waals surface area contributed by atoms with Crippen molar-refractivity contribution in [1.82, 2.24) is 0 Å². The van der Waals surface area contributed by atoms with Crippen molar-refractivity contribution >= 4 is 15.9 Å². The first-order chi connectivity index (χ1) is 5.99. The Morgan fingerprint density at radius 1 is 1.14 bits per heavy atom. The van der Waals surface area contributed by atoms with Crippen molar-refractivity contribution in [2.45, 2.75) is 33.8 Å². The lowest BCUT2D eigenvalue weighted by Gasteiger charge is -2.53. The second-order valence-corrected chi connectivity index (χ2v) is 6.55. The lowest BCUT2D eigenvalue weighted by molar-refractivity contribution is -0.175. The normalized spacial score (nSPS) is 25.9. The third-order valence-electron chi connectivity index (χ3n) is 2.75. The first-order valence-electron chi connectivity index (χ1n) is 4.43. The first kappa shape index (κ1) is 11.7. The van der Waals surface area contributed by atoms with Gasteiger partial charge in [-0.15, -0.1) is 0 Å². The summed E-state index contributed by atoms with van der Waals surface area (Å²) in [6.07, 6.45) is 0.444. The molecule has 0 spiro atoms. The molecular formula is C9H16O4S. The van der Waals surface area contributed by atoms with Crippen molar-refractivity contribution in [3.05, 3.63) is 0 Å². The van der Waals surface area contributed by atoms with Gasteiger partial charge in [0, 0.05) is 0 Å². The molecule has 0 bridgehead atoms. The average molecular weight is 220 g/mol. The highest BCUT2D eigenvalue weighted by Crippen LogP contribution is 2.52. The van der Waals surface area contributed by atoms with Crippen LogP contribution in [0.15, 0.2) is 0 Å². The van der Waals surface area contributed by atoms with Crippen LogP contribution in [0.25, 0.3) is 0 Å². The molecule has 0 aromatic carbocycles. The molecule has 82 valence electrons. The lowest BCUT2D eigenvalue weighted by atomic mass is 9.52. The van der Waals surface area contributed by atoms with E-state index in [0.29, 0.717) is 0 Å². The van der Waals surface area contributed by atoms with Crippen LogP contribution < -0.4 is 0 Å². The molecule has 0 unspecified atom stereocenters. The molecule has 1 rings (SSSR count). The van der Waals surface area contributed by atoms with E-state index in [9.17, 15) is 13.2 Å². The van der Waals surface area contributed by atoms with Crippen molar-refractivity contribution in [3.63, 3.8) is 0 Å². The highest BCUT2D eigenvalue weighted by molar-refractivity contribution is 7.86. The number of hydrogen-bond acceptors (Lipinski definition) is 4. The fourth-order valence-corrected chi connectivity index (χ4v) is 3.14. The SMILES string of the molecule is CC1(C)C(=O)C(C)(C)C1OS(C)(=O)=O. The van der Waals surface area contributed by atoms with Gasteiger partial charge in [-0.3, -0.25) is 8.98 Å². The molecule has 1 aliphatic rings. The Kier molecular flexibility index (Phi) is 2.32. The van der Waals surface area contributed by atoms with Crippen molar-refractivity contribution in [1.29, 1.82) is 0 Å². The van der Waals surface area contributed by atoms with Gasteiger partial charge >= 0.3 is 0 Å². The van der Waals surface area contributed by atoms with E-state index < -0.39 is 27.1 Å². The number of rotatable bonds is 2. The van der Waals surface area contributed by atoms with Gasteiger partial charge in [0.2, 0.25) is 0 Å². The van der Waals surface area contributed by atoms with E-state index in [0.717, 1.165) is 6.26 Å². The molecule has 1 saturated carbocycles. The fourth-order valence-electron chi connectivity index (χ4n) is 2.31. The smallest absolute Gasteiger partial charge is 0.264 e. The maximum absolute atomic E-state index is 11.6. The molecular weight excluding hydrogens is 204 g/mol. The minimum Gasteiger partial charge on any atom is -0.298 e. The molecule has 0 atom stereocenters. The monoisotopic (exact) mass is 220 g/mol. The summed E-state index contributed by atoms with van der Waals surface area (Å²) in [5.74, 6) is 0.0404. The average Bonchev–Trinajstić information content (AvgIpc) is 1.97. The largest absolute Gasteiger partial charge is 0.298 e. The molecule has 1 aliphatic carbocycles. The Morgan fingerprint density at radius 2 is 1.50 bits per heavy atom. The summed E-state index contributed by atoms with van der Waals surface area (Å²) in [6, 6.07) is 0. The Balaban J connectivity index is 2.96. The quantitative estimate of drug-likeness (QED) is 0.650. The molecule has 5 heteroatoms. The summed E-state index contributed by atoms with van der Waals surface area (Å²) < 4.78 is 26.9. The predicted molar refractivity (Wildman–Crippen MR) is 52.3 cm³/mol. The standard InChI is InChI=1S/C9H16O4S/c1-8(2)6(10)9(3,4)7(8)13-14(5,11)12/h7H,1-5H3. The first-order valence-corrected chi connectivity index (χ1v) is 6.24. The third-order valence-corrected chi connectivity index (χ3v) is 3.29. The molecule has 0 radical (unpaired) electrons. The molecule has 0 aromatic heterocycles. The Hall–Kier alpha value is -0.420. The number of hydrogen-bond donors (Lipinski definition) is 0. The molecule has 14 heavy (non-hydrogen) atoms. The lowest BCUT2D eigenvalue weighted by Crippen LogP contribution is -2.65. The molecule has 0 amide bonds. The molecule has 4 nitrogen and oxygen atoms in total.